The molecule has 2 aromatic rings. The van der Waals surface area contributed by atoms with E-state index in [1.807, 2.05) is 17.9 Å². The molecule has 4 rings (SSSR count). The van der Waals surface area contributed by atoms with Crippen molar-refractivity contribution in [1.82, 2.24) is 19.8 Å². The van der Waals surface area contributed by atoms with E-state index in [4.69, 9.17) is 40.5 Å². The molecule has 0 aliphatic carbocycles. The minimum absolute atomic E-state index is 0.0519. The van der Waals surface area contributed by atoms with Gasteiger partial charge in [0.15, 0.2) is 5.82 Å². The highest BCUT2D eigenvalue weighted by Gasteiger charge is 2.36. The van der Waals surface area contributed by atoms with Gasteiger partial charge in [-0.3, -0.25) is 4.79 Å². The number of nitrogens with one attached hydrogen (secondary N) is 1. The average Bonchev–Trinajstić information content (AvgIpc) is 3.30. The molecule has 2 aliphatic rings. The molecule has 0 spiro atoms. The number of amides is 3. The van der Waals surface area contributed by atoms with Crippen LogP contribution in [0.5, 0.6) is 0 Å². The Morgan fingerprint density at radius 1 is 1.12 bits per heavy atom. The molecule has 0 radical (unpaired) electrons. The Morgan fingerprint density at radius 3 is 2.53 bits per heavy atom. The fraction of sp³-hybridized carbons (Fsp3) is 0.455. The summed E-state index contributed by atoms with van der Waals surface area (Å²) in [5.41, 5.74) is 6.29. The summed E-state index contributed by atoms with van der Waals surface area (Å²) < 4.78 is 0. The average molecular weight is 527 g/mol. The van der Waals surface area contributed by atoms with Gasteiger partial charge in [-0.1, -0.05) is 40.9 Å². The molecule has 2 fully saturated rings. The van der Waals surface area contributed by atoms with E-state index < -0.39 is 12.1 Å². The topological polar surface area (TPSA) is 108 Å². The third kappa shape index (κ3) is 5.26. The van der Waals surface area contributed by atoms with Crippen molar-refractivity contribution in [1.29, 1.82) is 0 Å². The van der Waals surface area contributed by atoms with Crippen molar-refractivity contribution in [3.05, 3.63) is 45.0 Å². The summed E-state index contributed by atoms with van der Waals surface area (Å²) in [5.74, 6) is 0.962. The molecule has 3 N–H and O–H groups in total. The van der Waals surface area contributed by atoms with Crippen LogP contribution in [0.3, 0.4) is 0 Å². The number of primary amides is 1. The lowest BCUT2D eigenvalue weighted by molar-refractivity contribution is -0.135. The van der Waals surface area contributed by atoms with Crippen molar-refractivity contribution >= 4 is 58.5 Å². The van der Waals surface area contributed by atoms with Crippen LogP contribution in [0.25, 0.3) is 0 Å². The molecule has 2 atom stereocenters. The molecule has 3 amide bonds. The lowest BCUT2D eigenvalue weighted by Crippen LogP contribution is -2.55. The van der Waals surface area contributed by atoms with Gasteiger partial charge in [-0.15, -0.1) is 0 Å². The molecule has 182 valence electrons. The number of carbonyl (C=O) groups is 2. The fourth-order valence-corrected chi connectivity index (χ4v) is 5.09. The van der Waals surface area contributed by atoms with Gasteiger partial charge in [0.05, 0.1) is 12.2 Å². The highest BCUT2D eigenvalue weighted by atomic mass is 35.5. The summed E-state index contributed by atoms with van der Waals surface area (Å²) in [6, 6.07) is 4.16. The Kier molecular flexibility index (Phi) is 7.54. The number of nitrogens with zero attached hydrogens (tertiary/aromatic N) is 5. The number of carbonyl (C=O) groups excluding carboxylic acids is 2. The van der Waals surface area contributed by atoms with E-state index in [1.54, 1.807) is 23.2 Å². The number of aromatic nitrogens is 2. The fourth-order valence-electron chi connectivity index (χ4n) is 4.37. The molecule has 0 bridgehead atoms. The smallest absolute Gasteiger partial charge is 0.315 e. The second-order valence-corrected chi connectivity index (χ2v) is 9.65. The number of rotatable bonds is 5. The molecule has 2 saturated heterocycles. The Bertz CT molecular complexity index is 1080. The molecule has 1 aromatic heterocycles. The molecule has 12 heteroatoms. The van der Waals surface area contributed by atoms with Gasteiger partial charge in [-0.2, -0.15) is 4.98 Å². The first-order valence-corrected chi connectivity index (χ1v) is 12.2. The summed E-state index contributed by atoms with van der Waals surface area (Å²) in [6.45, 7) is 4.63. The van der Waals surface area contributed by atoms with Crippen molar-refractivity contribution in [2.24, 2.45) is 5.73 Å². The van der Waals surface area contributed by atoms with Crippen molar-refractivity contribution in [2.75, 3.05) is 42.9 Å². The monoisotopic (exact) mass is 525 g/mol. The van der Waals surface area contributed by atoms with Gasteiger partial charge >= 0.3 is 6.03 Å². The van der Waals surface area contributed by atoms with Gasteiger partial charge < -0.3 is 25.8 Å². The zero-order valence-electron chi connectivity index (χ0n) is 18.7. The summed E-state index contributed by atoms with van der Waals surface area (Å²) >= 11 is 18.7. The van der Waals surface area contributed by atoms with Gasteiger partial charge in [0.1, 0.15) is 11.1 Å². The molecule has 0 saturated carbocycles. The molecule has 3 heterocycles. The van der Waals surface area contributed by atoms with Crippen LogP contribution >= 0.6 is 34.8 Å². The largest absolute Gasteiger partial charge is 0.362 e. The van der Waals surface area contributed by atoms with Gasteiger partial charge in [0, 0.05) is 42.8 Å². The summed E-state index contributed by atoms with van der Waals surface area (Å²) in [6.07, 6.45) is 2.99. The maximum absolute atomic E-state index is 12.9. The normalized spacial score (nSPS) is 19.3. The zero-order chi connectivity index (χ0) is 24.4. The molecule has 34 heavy (non-hydrogen) atoms. The predicted molar refractivity (Wildman–Crippen MR) is 134 cm³/mol. The number of halogens is 3. The number of likely N-dealkylation sites (tertiary alicyclic amines) is 1. The van der Waals surface area contributed by atoms with E-state index >= 15 is 0 Å². The standard InChI is InChI=1S/C22H26Cl3N7O2/c1-13(15-5-4-14(23)11-16(15)24)28-19-17(25)12-27-22(29-19)31-9-7-30(8-10-31)20(33)18-3-2-6-32(18)21(26)34/h4-5,11-13,18H,2-3,6-10H2,1H3,(H2,26,34)(H,27,28,29)/t13-,18-/m1/s1. The van der Waals surface area contributed by atoms with Crippen LogP contribution in [0.15, 0.2) is 24.4 Å². The minimum atomic E-state index is -0.543. The second kappa shape index (κ2) is 10.4. The van der Waals surface area contributed by atoms with Gasteiger partial charge in [0.25, 0.3) is 0 Å². The first-order valence-electron chi connectivity index (χ1n) is 11.1. The number of urea groups is 1. The molecule has 2 aliphatic heterocycles. The van der Waals surface area contributed by atoms with Crippen LogP contribution in [0.2, 0.25) is 15.1 Å². The number of anilines is 2. The summed E-state index contributed by atoms with van der Waals surface area (Å²) in [4.78, 5) is 38.8. The predicted octanol–water partition coefficient (Wildman–Crippen LogP) is 3.80. The lowest BCUT2D eigenvalue weighted by Gasteiger charge is -2.37. The Labute approximate surface area is 213 Å². The lowest BCUT2D eigenvalue weighted by atomic mass is 10.1. The van der Waals surface area contributed by atoms with E-state index in [2.05, 4.69) is 15.3 Å². The Balaban J connectivity index is 1.40. The maximum Gasteiger partial charge on any atom is 0.315 e. The van der Waals surface area contributed by atoms with Gasteiger partial charge in [0.2, 0.25) is 11.9 Å². The second-order valence-electron chi connectivity index (χ2n) is 8.40. The van der Waals surface area contributed by atoms with Crippen molar-refractivity contribution in [3.8, 4) is 0 Å². The Hall–Kier alpha value is -2.49. The highest BCUT2D eigenvalue weighted by molar-refractivity contribution is 6.35. The Morgan fingerprint density at radius 2 is 1.85 bits per heavy atom. The van der Waals surface area contributed by atoms with Crippen LogP contribution in [-0.4, -0.2) is 70.5 Å². The van der Waals surface area contributed by atoms with Crippen molar-refractivity contribution < 1.29 is 9.59 Å². The van der Waals surface area contributed by atoms with E-state index in [9.17, 15) is 9.59 Å². The van der Waals surface area contributed by atoms with E-state index in [0.717, 1.165) is 12.0 Å². The third-order valence-electron chi connectivity index (χ3n) is 6.21. The van der Waals surface area contributed by atoms with Crippen LogP contribution < -0.4 is 16.0 Å². The van der Waals surface area contributed by atoms with Crippen molar-refractivity contribution in [3.63, 3.8) is 0 Å². The summed E-state index contributed by atoms with van der Waals surface area (Å²) in [5, 5.41) is 4.80. The zero-order valence-corrected chi connectivity index (χ0v) is 20.9. The molecular weight excluding hydrogens is 501 g/mol. The molecule has 1 aromatic carbocycles. The summed E-state index contributed by atoms with van der Waals surface area (Å²) in [7, 11) is 0. The molecule has 9 nitrogen and oxygen atoms in total. The van der Waals surface area contributed by atoms with Crippen LogP contribution in [0.1, 0.15) is 31.4 Å². The SMILES string of the molecule is C[C@@H](Nc1nc(N2CCN(C(=O)[C@H]3CCCN3C(N)=O)CC2)ncc1Cl)c1ccc(Cl)cc1Cl. The van der Waals surface area contributed by atoms with E-state index in [-0.39, 0.29) is 11.9 Å². The maximum atomic E-state index is 12.9. The third-order valence-corrected chi connectivity index (χ3v) is 7.05. The number of benzene rings is 1. The minimum Gasteiger partial charge on any atom is -0.362 e. The first-order chi connectivity index (χ1) is 16.2. The number of nitrogens with two attached hydrogens (primary N) is 1. The quantitative estimate of drug-likeness (QED) is 0.614. The van der Waals surface area contributed by atoms with Crippen LogP contribution in [-0.2, 0) is 4.79 Å². The molecular formula is C22H26Cl3N7O2. The number of piperazine rings is 1. The van der Waals surface area contributed by atoms with Gasteiger partial charge in [-0.05, 0) is 37.5 Å². The highest BCUT2D eigenvalue weighted by Crippen LogP contribution is 2.31. The van der Waals surface area contributed by atoms with E-state index in [0.29, 0.717) is 66.0 Å². The number of hydrogen-bond donors (Lipinski definition) is 2. The van der Waals surface area contributed by atoms with Crippen LogP contribution in [0.4, 0.5) is 16.6 Å². The first kappa shape index (κ1) is 24.6. The van der Waals surface area contributed by atoms with Crippen LogP contribution in [0, 0.1) is 0 Å². The van der Waals surface area contributed by atoms with Crippen molar-refractivity contribution in [2.45, 2.75) is 31.8 Å². The number of hydrogen-bond acceptors (Lipinski definition) is 6. The van der Waals surface area contributed by atoms with E-state index in [1.165, 1.54) is 4.90 Å². The van der Waals surface area contributed by atoms with Gasteiger partial charge in [-0.25, -0.2) is 9.78 Å². The molecule has 0 unspecified atom stereocenters.